The number of hydrogen-bond acceptors (Lipinski definition) is 4. The molecule has 1 aliphatic rings. The van der Waals surface area contributed by atoms with Crippen LogP contribution >= 0.6 is 23.4 Å². The van der Waals surface area contributed by atoms with Crippen LogP contribution < -0.4 is 5.32 Å². The molecule has 2 amide bonds. The number of carbonyl (C=O) groups excluding carboxylic acids is 2. The van der Waals surface area contributed by atoms with Crippen molar-refractivity contribution in [3.63, 3.8) is 0 Å². The zero-order chi connectivity index (χ0) is 18.6. The lowest BCUT2D eigenvalue weighted by molar-refractivity contribution is -0.142. The number of thioether (sulfide) groups is 1. The molecule has 1 fully saturated rings. The molecule has 1 saturated heterocycles. The number of nitrogens with one attached hydrogen (secondary N) is 1. The summed E-state index contributed by atoms with van der Waals surface area (Å²) in [5.74, 6) is -1.16. The number of carbonyl (C=O) groups is 2. The molecule has 1 unspecified atom stereocenters. The molecule has 1 N–H and O–H groups in total. The van der Waals surface area contributed by atoms with E-state index < -0.39 is 11.8 Å². The highest BCUT2D eigenvalue weighted by atomic mass is 35.5. The number of rotatable bonds is 5. The molecule has 7 heteroatoms. The van der Waals surface area contributed by atoms with Crippen LogP contribution in [0.25, 0.3) is 0 Å². The molecule has 0 aromatic heterocycles. The first-order chi connectivity index (χ1) is 11.8. The summed E-state index contributed by atoms with van der Waals surface area (Å²) in [7, 11) is 3.73. The maximum atomic E-state index is 12.4. The lowest BCUT2D eigenvalue weighted by Crippen LogP contribution is -2.43. The van der Waals surface area contributed by atoms with Gasteiger partial charge in [-0.3, -0.25) is 9.59 Å². The Kier molecular flexibility index (Phi) is 7.16. The summed E-state index contributed by atoms with van der Waals surface area (Å²) in [6.07, 6.45) is 2.19. The Balaban J connectivity index is 2.03. The SMILES string of the molecule is CC(C)Sc1c(Cl)cccc1NC(=O)C(=O)N(C)CC1CCCN1C. The largest absolute Gasteiger partial charge is 0.336 e. The van der Waals surface area contributed by atoms with Gasteiger partial charge in [0.15, 0.2) is 0 Å². The minimum Gasteiger partial charge on any atom is -0.336 e. The Morgan fingerprint density at radius 1 is 1.44 bits per heavy atom. The number of halogens is 1. The second-order valence-corrected chi connectivity index (χ2v) is 8.69. The van der Waals surface area contributed by atoms with Crippen LogP contribution in [0.2, 0.25) is 5.02 Å². The average Bonchev–Trinajstić information content (AvgIpc) is 2.94. The van der Waals surface area contributed by atoms with Gasteiger partial charge < -0.3 is 15.1 Å². The van der Waals surface area contributed by atoms with E-state index in [0.717, 1.165) is 24.3 Å². The van der Waals surface area contributed by atoms with Gasteiger partial charge in [0.25, 0.3) is 0 Å². The smallest absolute Gasteiger partial charge is 0.313 e. The number of benzene rings is 1. The minimum atomic E-state index is -0.629. The van der Waals surface area contributed by atoms with Crippen LogP contribution in [0.3, 0.4) is 0 Å². The van der Waals surface area contributed by atoms with Gasteiger partial charge in [-0.05, 0) is 38.6 Å². The highest BCUT2D eigenvalue weighted by molar-refractivity contribution is 8.00. The molecule has 0 saturated carbocycles. The van der Waals surface area contributed by atoms with Crippen molar-refractivity contribution in [2.75, 3.05) is 32.5 Å². The molecule has 0 aliphatic carbocycles. The monoisotopic (exact) mass is 383 g/mol. The molecule has 25 heavy (non-hydrogen) atoms. The molecular weight excluding hydrogens is 358 g/mol. The van der Waals surface area contributed by atoms with Gasteiger partial charge in [-0.2, -0.15) is 0 Å². The molecule has 0 radical (unpaired) electrons. The van der Waals surface area contributed by atoms with Crippen molar-refractivity contribution < 1.29 is 9.59 Å². The first-order valence-electron chi connectivity index (χ1n) is 8.51. The van der Waals surface area contributed by atoms with Crippen LogP contribution in [0.15, 0.2) is 23.1 Å². The Morgan fingerprint density at radius 3 is 2.76 bits per heavy atom. The maximum absolute atomic E-state index is 12.4. The number of likely N-dealkylation sites (N-methyl/N-ethyl adjacent to an activating group) is 2. The summed E-state index contributed by atoms with van der Waals surface area (Å²) in [6.45, 7) is 5.70. The Hall–Kier alpha value is -1.24. The number of likely N-dealkylation sites (tertiary alicyclic amines) is 1. The van der Waals surface area contributed by atoms with Crippen LogP contribution in [0.5, 0.6) is 0 Å². The van der Waals surface area contributed by atoms with Crippen molar-refractivity contribution in [1.29, 1.82) is 0 Å². The molecular formula is C18H26ClN3O2S. The third-order valence-electron chi connectivity index (χ3n) is 4.27. The fraction of sp³-hybridized carbons (Fsp3) is 0.556. The van der Waals surface area contributed by atoms with Gasteiger partial charge in [0.1, 0.15) is 0 Å². The zero-order valence-electron chi connectivity index (χ0n) is 15.2. The van der Waals surface area contributed by atoms with Gasteiger partial charge in [0, 0.05) is 29.8 Å². The number of nitrogens with zero attached hydrogens (tertiary/aromatic N) is 2. The molecule has 138 valence electrons. The highest BCUT2D eigenvalue weighted by Crippen LogP contribution is 2.36. The van der Waals surface area contributed by atoms with Crippen molar-refractivity contribution in [3.05, 3.63) is 23.2 Å². The van der Waals surface area contributed by atoms with Crippen LogP contribution in [0.4, 0.5) is 5.69 Å². The molecule has 2 rings (SSSR count). The maximum Gasteiger partial charge on any atom is 0.313 e. The van der Waals surface area contributed by atoms with Crippen molar-refractivity contribution in [3.8, 4) is 0 Å². The van der Waals surface area contributed by atoms with E-state index in [1.807, 2.05) is 0 Å². The van der Waals surface area contributed by atoms with E-state index in [4.69, 9.17) is 11.6 Å². The highest BCUT2D eigenvalue weighted by Gasteiger charge is 2.27. The van der Waals surface area contributed by atoms with Gasteiger partial charge >= 0.3 is 11.8 Å². The normalized spacial score (nSPS) is 17.8. The van der Waals surface area contributed by atoms with Gasteiger partial charge in [-0.15, -0.1) is 11.8 Å². The second kappa shape index (κ2) is 8.92. The van der Waals surface area contributed by atoms with Crippen LogP contribution in [-0.4, -0.2) is 60.1 Å². The second-order valence-electron chi connectivity index (χ2n) is 6.70. The summed E-state index contributed by atoms with van der Waals surface area (Å²) in [5, 5.41) is 3.61. The quantitative estimate of drug-likeness (QED) is 0.626. The van der Waals surface area contributed by atoms with Crippen molar-refractivity contribution in [2.45, 2.75) is 42.9 Å². The van der Waals surface area contributed by atoms with E-state index in [0.29, 0.717) is 28.5 Å². The molecule has 1 heterocycles. The fourth-order valence-corrected chi connectivity index (χ4v) is 4.13. The minimum absolute atomic E-state index is 0.312. The number of hydrogen-bond donors (Lipinski definition) is 1. The summed E-state index contributed by atoms with van der Waals surface area (Å²) in [6, 6.07) is 5.64. The third kappa shape index (κ3) is 5.36. The molecule has 1 aliphatic heterocycles. The third-order valence-corrected chi connectivity index (χ3v) is 5.84. The average molecular weight is 384 g/mol. The van der Waals surface area contributed by atoms with Gasteiger partial charge in [0.2, 0.25) is 0 Å². The fourth-order valence-electron chi connectivity index (χ4n) is 2.92. The van der Waals surface area contributed by atoms with Crippen LogP contribution in [-0.2, 0) is 9.59 Å². The van der Waals surface area contributed by atoms with Crippen LogP contribution in [0.1, 0.15) is 26.7 Å². The lowest BCUT2D eigenvalue weighted by Gasteiger charge is -2.25. The molecule has 1 atom stereocenters. The van der Waals surface area contributed by atoms with Crippen molar-refractivity contribution in [1.82, 2.24) is 9.80 Å². The Morgan fingerprint density at radius 2 is 2.16 bits per heavy atom. The van der Waals surface area contributed by atoms with E-state index in [-0.39, 0.29) is 0 Å². The first kappa shape index (κ1) is 20.1. The zero-order valence-corrected chi connectivity index (χ0v) is 16.8. The molecule has 0 bridgehead atoms. The number of amides is 2. The predicted molar refractivity (Wildman–Crippen MR) is 104 cm³/mol. The van der Waals surface area contributed by atoms with E-state index in [2.05, 4.69) is 31.1 Å². The predicted octanol–water partition coefficient (Wildman–Crippen LogP) is 3.33. The first-order valence-corrected chi connectivity index (χ1v) is 9.77. The van der Waals surface area contributed by atoms with Crippen LogP contribution in [0, 0.1) is 0 Å². The summed E-state index contributed by atoms with van der Waals surface area (Å²) in [4.78, 5) is 29.3. The Bertz CT molecular complexity index is 639. The van der Waals surface area contributed by atoms with E-state index >= 15 is 0 Å². The van der Waals surface area contributed by atoms with E-state index in [1.54, 1.807) is 37.0 Å². The lowest BCUT2D eigenvalue weighted by atomic mass is 10.2. The van der Waals surface area contributed by atoms with Crippen molar-refractivity contribution >= 4 is 40.9 Å². The van der Waals surface area contributed by atoms with Crippen molar-refractivity contribution in [2.24, 2.45) is 0 Å². The molecule has 5 nitrogen and oxygen atoms in total. The summed E-state index contributed by atoms with van der Waals surface area (Å²) < 4.78 is 0. The van der Waals surface area contributed by atoms with E-state index in [1.165, 1.54) is 4.90 Å². The summed E-state index contributed by atoms with van der Waals surface area (Å²) >= 11 is 7.82. The Labute approximate surface area is 159 Å². The standard InChI is InChI=1S/C18H26ClN3O2S/c1-12(2)25-16-14(19)8-5-9-15(16)20-17(23)18(24)22(4)11-13-7-6-10-21(13)3/h5,8-9,12-13H,6-7,10-11H2,1-4H3,(H,20,23). The summed E-state index contributed by atoms with van der Waals surface area (Å²) in [5.41, 5.74) is 0.580. The van der Waals surface area contributed by atoms with Gasteiger partial charge in [-0.1, -0.05) is 31.5 Å². The van der Waals surface area contributed by atoms with Gasteiger partial charge in [-0.25, -0.2) is 0 Å². The molecule has 1 aromatic rings. The topological polar surface area (TPSA) is 52.7 Å². The molecule has 1 aromatic carbocycles. The van der Waals surface area contributed by atoms with E-state index in [9.17, 15) is 9.59 Å². The van der Waals surface area contributed by atoms with Gasteiger partial charge in [0.05, 0.1) is 10.7 Å². The molecule has 0 spiro atoms. The number of anilines is 1.